The maximum atomic E-state index is 14.0. The minimum absolute atomic E-state index is 0.00554. The summed E-state index contributed by atoms with van der Waals surface area (Å²) in [6.07, 6.45) is 16.1. The highest BCUT2D eigenvalue weighted by Gasteiger charge is 2.37. The topological polar surface area (TPSA) is 557 Å². The van der Waals surface area contributed by atoms with Gasteiger partial charge in [0.25, 0.3) is 39.6 Å². The van der Waals surface area contributed by atoms with Crippen molar-refractivity contribution in [3.05, 3.63) is 287 Å². The minimum atomic E-state index is -0.654. The van der Waals surface area contributed by atoms with Gasteiger partial charge in [0.2, 0.25) is 11.9 Å². The highest BCUT2D eigenvalue weighted by atomic mass is 35.5. The van der Waals surface area contributed by atoms with E-state index in [1.165, 1.54) is 25.2 Å². The van der Waals surface area contributed by atoms with Crippen LogP contribution in [0.25, 0.3) is 87.0 Å². The van der Waals surface area contributed by atoms with Gasteiger partial charge in [-0.3, -0.25) is 48.9 Å². The van der Waals surface area contributed by atoms with Crippen molar-refractivity contribution in [2.75, 3.05) is 45.1 Å². The fourth-order valence-corrected chi connectivity index (χ4v) is 19.2. The van der Waals surface area contributed by atoms with Gasteiger partial charge in [-0.05, 0) is 186 Å². The number of nitrogen functional groups attached to an aromatic ring is 2. The normalized spacial score (nSPS) is 14.8. The van der Waals surface area contributed by atoms with Crippen LogP contribution in [0.3, 0.4) is 0 Å². The zero-order valence-electron chi connectivity index (χ0n) is 77.1. The predicted molar refractivity (Wildman–Crippen MR) is 547 cm³/mol. The number of hydrogen-bond donors (Lipinski definition) is 12. The first-order valence-electron chi connectivity index (χ1n) is 45.8. The first-order valence-corrected chi connectivity index (χ1v) is 47.7. The number of benzene rings is 5. The highest BCUT2D eigenvalue weighted by Crippen LogP contribution is 2.45. The molecule has 0 radical (unpaired) electrons. The van der Waals surface area contributed by atoms with Crippen molar-refractivity contribution in [1.29, 1.82) is 10.5 Å². The molecule has 5 aromatic carbocycles. The fraction of sp³-hybridized carbons (Fsp3) is 0.265. The van der Waals surface area contributed by atoms with Crippen molar-refractivity contribution < 1.29 is 14.0 Å². The lowest BCUT2D eigenvalue weighted by molar-refractivity contribution is 0.0958. The summed E-state index contributed by atoms with van der Waals surface area (Å²) in [6.45, 7) is 9.62. The summed E-state index contributed by atoms with van der Waals surface area (Å²) in [7, 11) is 1.54. The van der Waals surface area contributed by atoms with Gasteiger partial charge in [-0.15, -0.1) is 0 Å². The molecule has 0 spiro atoms. The van der Waals surface area contributed by atoms with E-state index in [-0.39, 0.29) is 123 Å². The number of nitrogens with one attached hydrogen (secondary N) is 9. The number of anilines is 7. The second-order valence-electron chi connectivity index (χ2n) is 35.4. The van der Waals surface area contributed by atoms with Crippen molar-refractivity contribution in [2.24, 2.45) is 5.73 Å². The second-order valence-corrected chi connectivity index (χ2v) is 37.4. The lowest BCUT2D eigenvalue weighted by atomic mass is 10.1. The molecule has 18 aromatic rings. The van der Waals surface area contributed by atoms with Gasteiger partial charge in [-0.2, -0.15) is 35.8 Å². The second kappa shape index (κ2) is 39.5. The summed E-state index contributed by atoms with van der Waals surface area (Å²) in [6, 6.07) is 40.5. The van der Waals surface area contributed by atoms with Crippen LogP contribution in [-0.4, -0.2) is 122 Å². The lowest BCUT2D eigenvalue weighted by Crippen LogP contribution is -2.26. The van der Waals surface area contributed by atoms with Gasteiger partial charge in [0.15, 0.2) is 28.6 Å². The van der Waals surface area contributed by atoms with Gasteiger partial charge in [0.05, 0.1) is 111 Å². The van der Waals surface area contributed by atoms with E-state index in [1.54, 1.807) is 48.0 Å². The lowest BCUT2D eigenvalue weighted by Gasteiger charge is -2.21. The van der Waals surface area contributed by atoms with E-state index in [0.717, 1.165) is 126 Å². The SMILES string of the molecule is CNC(=O)c1[nH]nc2ncnc(N[C@@H](C)c3cc4cccc(Cl)c4c(=O)n3C3CC3)c12.C[C@H](Nc1nc(N)ncc1C#N)c1cc2cccc(Cl)c2c(=O)n1C1CC1.C[C@H](Nc1nc(N)ncc1F)c1cc2cccc(Cl)c2c(=O)n1C1CC1.C[C@H](Nc1ncnc2n[nH]c(C#N)c12)c1cc2cccc(Cl)c2c(=O)n1C1CC1.C[C@H](Nc1ncnc2n[nH]c(C(N)=O)c12)c1cc2cccc(Cl)c2c(=O)n1C1CC1. The standard InChI is InChI=1S/C21H20ClN7O2.C20H18ClN7O2.C20H16ClN7O.C19H17ClN6O.C18H17ClFN5O/c1-10(26-18-16-17(20(30)23-2)27-28-19(16)25-9-24-18)14-8-11-4-3-5-13(22)15(11)21(31)29(14)12-6-7-12;1-9(25-18-15-16(17(22)29)26-27-19(15)24-8-23-18)13-7-10-3-2-4-12(21)14(10)20(30)28(13)11-5-6-11;1-10(25-18-17-14(8-22)26-27-19(17)24-9-23-18)15-7-11-3-2-4-13(21)16(11)20(29)28(15)12-5-6-12;1-10(24-17-12(8-21)9-23-19(22)25-17)15-7-11-3-2-4-14(20)16(11)18(27)26(15)13-5-6-13;1-9(23-16-13(20)8-22-18(21)24-16)14-7-10-3-2-4-12(19)15(10)17(26)25(14)11-5-6-11/h3-5,8-10,12H,6-7H2,1-2H3,(H,23,30)(H2,24,25,26,27,28);2-4,7-9,11H,5-6H2,1H3,(H2,22,29)(H2,23,24,25,26,27);2-4,7,9-10,12H,5-6H2,1H3,(H2,23,24,25,26,27);2-4,7,9-10,13H,5-6H2,1H3,(H3,22,23,24,25);2-4,7-9,11H,5-6H2,1H3,(H3,21,22,23,24)/t10-;9-;2*10-;9-/m00000/s1. The van der Waals surface area contributed by atoms with Crippen LogP contribution in [0.4, 0.5) is 45.4 Å². The van der Waals surface area contributed by atoms with Crippen molar-refractivity contribution in [3.8, 4) is 12.1 Å². The molecule has 5 aliphatic rings. The summed E-state index contributed by atoms with van der Waals surface area (Å²) in [5, 5.41) is 67.8. The van der Waals surface area contributed by atoms with Crippen LogP contribution in [0.2, 0.25) is 25.1 Å². The number of carbonyl (C=O) groups is 2. The van der Waals surface area contributed by atoms with Gasteiger partial charge in [-0.1, -0.05) is 119 Å². The molecule has 0 aliphatic heterocycles. The molecule has 2 amide bonds. The Morgan fingerprint density at radius 2 is 0.678 bits per heavy atom. The Morgan fingerprint density at radius 1 is 0.392 bits per heavy atom. The Kier molecular flexibility index (Phi) is 26.5. The monoisotopic (exact) mass is 2020 g/mol. The van der Waals surface area contributed by atoms with Crippen LogP contribution in [-0.2, 0) is 0 Å². The van der Waals surface area contributed by atoms with E-state index in [9.17, 15) is 48.5 Å². The quantitative estimate of drug-likeness (QED) is 0.0300. The summed E-state index contributed by atoms with van der Waals surface area (Å²) in [5.74, 6) is 0.205. The van der Waals surface area contributed by atoms with Crippen LogP contribution in [0, 0.1) is 28.5 Å². The van der Waals surface area contributed by atoms with Crippen LogP contribution in [0.15, 0.2) is 177 Å². The first-order chi connectivity index (χ1) is 69.0. The molecule has 5 aliphatic carbocycles. The summed E-state index contributed by atoms with van der Waals surface area (Å²) in [4.78, 5) is 131. The van der Waals surface area contributed by atoms with E-state index in [4.69, 9.17) is 75.2 Å². The molecule has 5 atom stereocenters. The van der Waals surface area contributed by atoms with E-state index >= 15 is 0 Å². The largest absolute Gasteiger partial charge is 0.368 e. The molecular weight excluding hydrogens is 1930 g/mol. The van der Waals surface area contributed by atoms with Crippen LogP contribution in [0.1, 0.15) is 220 Å². The van der Waals surface area contributed by atoms with Crippen LogP contribution in [0.5, 0.6) is 0 Å². The van der Waals surface area contributed by atoms with E-state index in [0.29, 0.717) is 120 Å². The minimum Gasteiger partial charge on any atom is -0.368 e. The number of aromatic amines is 3. The third kappa shape index (κ3) is 19.1. The van der Waals surface area contributed by atoms with Gasteiger partial charge in [0, 0.05) is 65.7 Å². The average molecular weight is 2020 g/mol. The zero-order valence-corrected chi connectivity index (χ0v) is 80.9. The number of nitrogens with zero attached hydrogens (tertiary/aromatic N) is 20. The average Bonchev–Trinajstić information content (AvgIpc) is 1.72. The number of carbonyl (C=O) groups excluding carboxylic acids is 2. The van der Waals surface area contributed by atoms with Crippen molar-refractivity contribution in [2.45, 2.75) is 159 Å². The van der Waals surface area contributed by atoms with Crippen molar-refractivity contribution >= 4 is 198 Å². The van der Waals surface area contributed by atoms with E-state index in [1.807, 2.05) is 144 Å². The zero-order chi connectivity index (χ0) is 100. The number of halogens is 6. The molecule has 724 valence electrons. The number of H-pyrrole nitrogens is 3. The molecular formula is C98H88Cl5FN32O7. The van der Waals surface area contributed by atoms with Gasteiger partial charge >= 0.3 is 0 Å². The molecule has 5 saturated carbocycles. The molecule has 0 saturated heterocycles. The summed E-state index contributed by atoms with van der Waals surface area (Å²) in [5.41, 5.74) is 22.4. The number of primary amides is 1. The third-order valence-electron chi connectivity index (χ3n) is 25.4. The molecule has 0 bridgehead atoms. The number of aromatic nitrogens is 21. The van der Waals surface area contributed by atoms with Gasteiger partial charge < -0.3 is 71.9 Å². The predicted octanol–water partition coefficient (Wildman–Crippen LogP) is 16.9. The Hall–Kier alpha value is -16.1. The van der Waals surface area contributed by atoms with Crippen molar-refractivity contribution in [1.82, 2.24) is 109 Å². The molecule has 15 N–H and O–H groups in total. The molecule has 143 heavy (non-hydrogen) atoms. The molecule has 5 fully saturated rings. The maximum Gasteiger partial charge on any atom is 0.269 e. The fourth-order valence-electron chi connectivity index (χ4n) is 17.9. The Labute approximate surface area is 834 Å². The molecule has 13 heterocycles. The number of hydrogen-bond acceptors (Lipinski definition) is 29. The smallest absolute Gasteiger partial charge is 0.269 e. The van der Waals surface area contributed by atoms with Gasteiger partial charge in [-0.25, -0.2) is 44.3 Å². The van der Waals surface area contributed by atoms with Gasteiger partial charge in [0.1, 0.15) is 77.0 Å². The molecule has 13 aromatic heterocycles. The molecule has 39 nitrogen and oxygen atoms in total. The molecule has 23 rings (SSSR count). The van der Waals surface area contributed by atoms with E-state index < -0.39 is 11.7 Å². The maximum absolute atomic E-state index is 14.0. The molecule has 0 unspecified atom stereocenters. The molecule has 45 heteroatoms. The third-order valence-corrected chi connectivity index (χ3v) is 27.0. The highest BCUT2D eigenvalue weighted by molar-refractivity contribution is 6.37. The number of nitrogens with two attached hydrogens (primary N) is 3. The Morgan fingerprint density at radius 3 is 0.993 bits per heavy atom. The number of nitriles is 2. The Bertz CT molecular complexity index is 8630. The number of fused-ring (bicyclic) bond motifs is 8. The number of pyridine rings is 5. The van der Waals surface area contributed by atoms with Crippen LogP contribution >= 0.6 is 58.0 Å². The van der Waals surface area contributed by atoms with Crippen molar-refractivity contribution in [3.63, 3.8) is 0 Å². The van der Waals surface area contributed by atoms with E-state index in [2.05, 4.69) is 118 Å². The summed E-state index contributed by atoms with van der Waals surface area (Å²) < 4.78 is 23.0. The first kappa shape index (κ1) is 95.8. The van der Waals surface area contributed by atoms with Crippen LogP contribution < -0.4 is 76.9 Å². The Balaban J connectivity index is 0.000000113. The number of amides is 2. The summed E-state index contributed by atoms with van der Waals surface area (Å²) >= 11 is 31.5. The number of rotatable bonds is 22.